The summed E-state index contributed by atoms with van der Waals surface area (Å²) in [5.41, 5.74) is 1.19. The maximum atomic E-state index is 9.47. The number of fused-ring (bicyclic) bond motifs is 1. The minimum atomic E-state index is 0.337. The van der Waals surface area contributed by atoms with Gasteiger partial charge in [-0.3, -0.25) is 0 Å². The van der Waals surface area contributed by atoms with Crippen LogP contribution < -0.4 is 5.32 Å². The van der Waals surface area contributed by atoms with Gasteiger partial charge >= 0.3 is 0 Å². The molecule has 106 valence electrons. The molecule has 2 atom stereocenters. The lowest BCUT2D eigenvalue weighted by atomic mass is 9.79. The molecule has 0 heterocycles. The van der Waals surface area contributed by atoms with Crippen LogP contribution in [-0.4, -0.2) is 18.3 Å². The molecule has 2 N–H and O–H groups in total. The van der Waals surface area contributed by atoms with Crippen molar-refractivity contribution >= 4 is 16.5 Å². The lowest BCUT2D eigenvalue weighted by Gasteiger charge is -2.30. The first kappa shape index (κ1) is 13.4. The quantitative estimate of drug-likeness (QED) is 0.877. The molecule has 0 spiro atoms. The summed E-state index contributed by atoms with van der Waals surface area (Å²) in [6, 6.07) is 15.0. The van der Waals surface area contributed by atoms with Crippen molar-refractivity contribution in [2.24, 2.45) is 11.8 Å². The molecular weight excluding hydrogens is 246 g/mol. The molecule has 20 heavy (non-hydrogen) atoms. The fourth-order valence-corrected chi connectivity index (χ4v) is 3.34. The Balaban J connectivity index is 1.67. The van der Waals surface area contributed by atoms with E-state index in [1.54, 1.807) is 0 Å². The van der Waals surface area contributed by atoms with E-state index in [1.807, 2.05) is 0 Å². The molecule has 0 aliphatic heterocycles. The molecule has 0 aromatic heterocycles. The molecule has 0 saturated heterocycles. The Kier molecular flexibility index (Phi) is 4.22. The summed E-state index contributed by atoms with van der Waals surface area (Å²) < 4.78 is 0. The summed E-state index contributed by atoms with van der Waals surface area (Å²) in [5.74, 6) is 1.09. The van der Waals surface area contributed by atoms with E-state index in [0.29, 0.717) is 18.4 Å². The van der Waals surface area contributed by atoms with Crippen LogP contribution in [0.15, 0.2) is 42.5 Å². The number of anilines is 1. The van der Waals surface area contributed by atoms with Crippen LogP contribution >= 0.6 is 0 Å². The fourth-order valence-electron chi connectivity index (χ4n) is 3.34. The van der Waals surface area contributed by atoms with E-state index < -0.39 is 0 Å². The first-order valence-electron chi connectivity index (χ1n) is 7.70. The van der Waals surface area contributed by atoms with Crippen LogP contribution in [0.1, 0.15) is 25.7 Å². The monoisotopic (exact) mass is 269 g/mol. The summed E-state index contributed by atoms with van der Waals surface area (Å²) in [7, 11) is 0. The van der Waals surface area contributed by atoms with Gasteiger partial charge in [-0.1, -0.05) is 43.2 Å². The van der Waals surface area contributed by atoms with Gasteiger partial charge in [0.2, 0.25) is 0 Å². The molecule has 2 nitrogen and oxygen atoms in total. The molecule has 0 radical (unpaired) electrons. The van der Waals surface area contributed by atoms with Gasteiger partial charge in [0.1, 0.15) is 0 Å². The summed E-state index contributed by atoms with van der Waals surface area (Å²) in [6.07, 6.45) is 5.00. The van der Waals surface area contributed by atoms with Gasteiger partial charge < -0.3 is 10.4 Å². The first-order chi connectivity index (χ1) is 9.86. The Morgan fingerprint density at radius 1 is 0.950 bits per heavy atom. The summed E-state index contributed by atoms with van der Waals surface area (Å²) in [4.78, 5) is 0. The van der Waals surface area contributed by atoms with Crippen molar-refractivity contribution in [1.29, 1.82) is 0 Å². The molecule has 2 aromatic carbocycles. The van der Waals surface area contributed by atoms with Gasteiger partial charge in [0.25, 0.3) is 0 Å². The van der Waals surface area contributed by atoms with Crippen molar-refractivity contribution < 1.29 is 5.11 Å². The number of hydrogen-bond acceptors (Lipinski definition) is 2. The third-order valence-corrected chi connectivity index (χ3v) is 4.62. The molecule has 2 aromatic rings. The van der Waals surface area contributed by atoms with Crippen LogP contribution in [0.2, 0.25) is 0 Å². The Hall–Kier alpha value is -1.54. The van der Waals surface area contributed by atoms with Crippen molar-refractivity contribution in [2.75, 3.05) is 18.5 Å². The Morgan fingerprint density at radius 2 is 1.70 bits per heavy atom. The van der Waals surface area contributed by atoms with E-state index >= 15 is 0 Å². The van der Waals surface area contributed by atoms with Gasteiger partial charge in [-0.05, 0) is 47.6 Å². The topological polar surface area (TPSA) is 32.3 Å². The highest BCUT2D eigenvalue weighted by Gasteiger charge is 2.23. The third-order valence-electron chi connectivity index (χ3n) is 4.62. The van der Waals surface area contributed by atoms with Crippen LogP contribution in [0.3, 0.4) is 0 Å². The van der Waals surface area contributed by atoms with Crippen molar-refractivity contribution in [3.63, 3.8) is 0 Å². The highest BCUT2D eigenvalue weighted by Crippen LogP contribution is 2.30. The Bertz CT molecular complexity index is 566. The molecular formula is C18H23NO. The molecule has 1 fully saturated rings. The Labute approximate surface area is 120 Å². The number of nitrogens with one attached hydrogen (secondary N) is 1. The van der Waals surface area contributed by atoms with Crippen LogP contribution in [0, 0.1) is 11.8 Å². The average Bonchev–Trinajstić information content (AvgIpc) is 2.53. The van der Waals surface area contributed by atoms with Crippen molar-refractivity contribution in [1.82, 2.24) is 0 Å². The molecule has 2 heteroatoms. The standard InChI is InChI=1S/C18H23NO/c20-13-17-8-4-3-7-16(17)12-19-18-10-9-14-5-1-2-6-15(14)11-18/h1-2,5-6,9-11,16-17,19-20H,3-4,7-8,12-13H2. The summed E-state index contributed by atoms with van der Waals surface area (Å²) in [6.45, 7) is 1.31. The minimum Gasteiger partial charge on any atom is -0.396 e. The summed E-state index contributed by atoms with van der Waals surface area (Å²) >= 11 is 0. The third kappa shape index (κ3) is 2.96. The van der Waals surface area contributed by atoms with Crippen LogP contribution in [0.4, 0.5) is 5.69 Å². The van der Waals surface area contributed by atoms with E-state index in [4.69, 9.17) is 0 Å². The molecule has 1 aliphatic rings. The van der Waals surface area contributed by atoms with Crippen molar-refractivity contribution in [2.45, 2.75) is 25.7 Å². The van der Waals surface area contributed by atoms with Gasteiger partial charge in [0.05, 0.1) is 0 Å². The zero-order valence-electron chi connectivity index (χ0n) is 11.9. The Morgan fingerprint density at radius 3 is 2.50 bits per heavy atom. The van der Waals surface area contributed by atoms with E-state index in [2.05, 4.69) is 47.8 Å². The van der Waals surface area contributed by atoms with E-state index in [1.165, 1.54) is 42.1 Å². The van der Waals surface area contributed by atoms with E-state index in [0.717, 1.165) is 6.54 Å². The normalized spacial score (nSPS) is 22.9. The average molecular weight is 269 g/mol. The molecule has 2 unspecified atom stereocenters. The number of rotatable bonds is 4. The molecule has 1 aliphatic carbocycles. The number of benzene rings is 2. The molecule has 0 bridgehead atoms. The van der Waals surface area contributed by atoms with Crippen molar-refractivity contribution in [3.05, 3.63) is 42.5 Å². The van der Waals surface area contributed by atoms with Gasteiger partial charge in [-0.25, -0.2) is 0 Å². The second-order valence-electron chi connectivity index (χ2n) is 5.93. The molecule has 3 rings (SSSR count). The summed E-state index contributed by atoms with van der Waals surface area (Å²) in [5, 5.41) is 15.6. The SMILES string of the molecule is OCC1CCCCC1CNc1ccc2ccccc2c1. The maximum Gasteiger partial charge on any atom is 0.0462 e. The van der Waals surface area contributed by atoms with Gasteiger partial charge in [0, 0.05) is 18.8 Å². The second-order valence-corrected chi connectivity index (χ2v) is 5.93. The van der Waals surface area contributed by atoms with E-state index in [-0.39, 0.29) is 0 Å². The van der Waals surface area contributed by atoms with Gasteiger partial charge in [-0.2, -0.15) is 0 Å². The lowest BCUT2D eigenvalue weighted by molar-refractivity contribution is 0.141. The minimum absolute atomic E-state index is 0.337. The van der Waals surface area contributed by atoms with Crippen molar-refractivity contribution in [3.8, 4) is 0 Å². The predicted octanol–water partition coefficient (Wildman–Crippen LogP) is 4.05. The number of aliphatic hydroxyl groups excluding tert-OH is 1. The maximum absolute atomic E-state index is 9.47. The number of aliphatic hydroxyl groups is 1. The fraction of sp³-hybridized carbons (Fsp3) is 0.444. The first-order valence-corrected chi connectivity index (χ1v) is 7.70. The molecule has 1 saturated carbocycles. The zero-order valence-corrected chi connectivity index (χ0v) is 11.9. The van der Waals surface area contributed by atoms with Crippen LogP contribution in [0.5, 0.6) is 0 Å². The van der Waals surface area contributed by atoms with Crippen LogP contribution in [0.25, 0.3) is 10.8 Å². The highest BCUT2D eigenvalue weighted by molar-refractivity contribution is 5.85. The molecule has 0 amide bonds. The largest absolute Gasteiger partial charge is 0.396 e. The van der Waals surface area contributed by atoms with E-state index in [9.17, 15) is 5.11 Å². The van der Waals surface area contributed by atoms with Gasteiger partial charge in [0.15, 0.2) is 0 Å². The number of hydrogen-bond donors (Lipinski definition) is 2. The van der Waals surface area contributed by atoms with Gasteiger partial charge in [-0.15, -0.1) is 0 Å². The highest BCUT2D eigenvalue weighted by atomic mass is 16.3. The second kappa shape index (κ2) is 6.27. The smallest absolute Gasteiger partial charge is 0.0462 e. The lowest BCUT2D eigenvalue weighted by Crippen LogP contribution is -2.28. The predicted molar refractivity (Wildman–Crippen MR) is 85.0 cm³/mol. The van der Waals surface area contributed by atoms with Crippen LogP contribution in [-0.2, 0) is 0 Å². The zero-order chi connectivity index (χ0) is 13.8.